The summed E-state index contributed by atoms with van der Waals surface area (Å²) in [5.74, 6) is 0.650. The molecule has 1 aromatic rings. The fraction of sp³-hybridized carbons (Fsp3) is 0.250. The normalized spacial score (nSPS) is 15.9. The van der Waals surface area contributed by atoms with E-state index in [1.54, 1.807) is 24.3 Å². The molecule has 0 aliphatic carbocycles. The van der Waals surface area contributed by atoms with Crippen LogP contribution >= 0.6 is 11.6 Å². The number of halogens is 1. The lowest BCUT2D eigenvalue weighted by Crippen LogP contribution is -2.40. The van der Waals surface area contributed by atoms with Gasteiger partial charge in [0.15, 0.2) is 6.23 Å². The summed E-state index contributed by atoms with van der Waals surface area (Å²) in [5, 5.41) is 15.9. The topological polar surface area (TPSA) is 92.3 Å². The van der Waals surface area contributed by atoms with Crippen LogP contribution in [0.25, 0.3) is 0 Å². The molecule has 0 aromatic heterocycles. The van der Waals surface area contributed by atoms with Gasteiger partial charge in [-0.3, -0.25) is 0 Å². The molecule has 8 heteroatoms. The molecule has 0 bridgehead atoms. The molecule has 1 heterocycles. The maximum absolute atomic E-state index is 10.4. The van der Waals surface area contributed by atoms with Gasteiger partial charge in [-0.25, -0.2) is 5.43 Å². The van der Waals surface area contributed by atoms with Crippen LogP contribution in [0, 0.1) is 0 Å². The highest BCUT2D eigenvalue weighted by Crippen LogP contribution is 2.29. The largest absolute Gasteiger partial charge is 0.481 e. The number of nitrogens with zero attached hydrogens (tertiary/aromatic N) is 2. The molecule has 1 unspecified atom stereocenters. The van der Waals surface area contributed by atoms with Gasteiger partial charge in [-0.15, -0.1) is 5.10 Å². The second kappa shape index (κ2) is 5.89. The fourth-order valence-electron chi connectivity index (χ4n) is 1.65. The van der Waals surface area contributed by atoms with Gasteiger partial charge in [0.25, 0.3) is 0 Å². The summed E-state index contributed by atoms with van der Waals surface area (Å²) in [6.07, 6.45) is 0.391. The molecule has 4 N–H and O–H groups in total. The smallest absolute Gasteiger partial charge is 0.238 e. The Hall–Kier alpha value is -2.12. The van der Waals surface area contributed by atoms with Crippen molar-refractivity contribution >= 4 is 23.2 Å². The molecule has 108 valence electrons. The van der Waals surface area contributed by atoms with Crippen LogP contribution in [-0.4, -0.2) is 30.3 Å². The van der Waals surface area contributed by atoms with Crippen molar-refractivity contribution < 1.29 is 14.6 Å². The zero-order valence-corrected chi connectivity index (χ0v) is 11.8. The third kappa shape index (κ3) is 2.73. The highest BCUT2D eigenvalue weighted by molar-refractivity contribution is 6.33. The Morgan fingerprint density at radius 3 is 2.80 bits per heavy atom. The Labute approximate surface area is 121 Å². The van der Waals surface area contributed by atoms with Gasteiger partial charge < -0.3 is 20.3 Å². The fourth-order valence-corrected chi connectivity index (χ4v) is 1.83. The van der Waals surface area contributed by atoms with E-state index < -0.39 is 6.23 Å². The molecule has 0 saturated heterocycles. The van der Waals surface area contributed by atoms with E-state index >= 15 is 0 Å². The van der Waals surface area contributed by atoms with Crippen LogP contribution in [-0.2, 0) is 9.47 Å². The Morgan fingerprint density at radius 2 is 2.15 bits per heavy atom. The number of ether oxygens (including phenoxy) is 2. The van der Waals surface area contributed by atoms with Crippen molar-refractivity contribution in [2.75, 3.05) is 20.0 Å². The number of nitrogens with one attached hydrogen (secondary N) is 1. The molecular weight excluding hydrogens is 284 g/mol. The molecule has 1 aliphatic heterocycles. The minimum atomic E-state index is -1.15. The average Bonchev–Trinajstić information content (AvgIpc) is 2.48. The van der Waals surface area contributed by atoms with Gasteiger partial charge in [0.05, 0.1) is 31.0 Å². The number of nitrogens with two attached hydrogens (primary N) is 1. The van der Waals surface area contributed by atoms with Crippen LogP contribution in [0.4, 0.5) is 5.69 Å². The number of anilines is 1. The SMILES string of the molecule is COC1=CC(OC)=NN(C(O)c2cccc(Cl)c2N)N1. The Morgan fingerprint density at radius 1 is 1.40 bits per heavy atom. The van der Waals surface area contributed by atoms with Crippen LogP contribution in [0.15, 0.2) is 35.3 Å². The first-order valence-electron chi connectivity index (χ1n) is 5.73. The van der Waals surface area contributed by atoms with Crippen molar-refractivity contribution in [2.24, 2.45) is 5.10 Å². The molecule has 1 atom stereocenters. The average molecular weight is 299 g/mol. The van der Waals surface area contributed by atoms with Crippen molar-refractivity contribution in [1.82, 2.24) is 10.5 Å². The van der Waals surface area contributed by atoms with E-state index in [0.29, 0.717) is 16.5 Å². The summed E-state index contributed by atoms with van der Waals surface area (Å²) in [4.78, 5) is 0. The molecular formula is C12H15ClN4O3. The molecule has 1 aromatic carbocycles. The van der Waals surface area contributed by atoms with Gasteiger partial charge in [-0.2, -0.15) is 5.12 Å². The number of hydrazone groups is 1. The lowest BCUT2D eigenvalue weighted by molar-refractivity contribution is -0.0416. The summed E-state index contributed by atoms with van der Waals surface area (Å²) in [6, 6.07) is 4.98. The van der Waals surface area contributed by atoms with E-state index in [0.717, 1.165) is 0 Å². The quantitative estimate of drug-likeness (QED) is 0.726. The summed E-state index contributed by atoms with van der Waals surface area (Å²) in [7, 11) is 2.95. The first-order valence-corrected chi connectivity index (χ1v) is 6.10. The van der Waals surface area contributed by atoms with Crippen LogP contribution in [0.1, 0.15) is 11.8 Å². The summed E-state index contributed by atoms with van der Waals surface area (Å²) >= 11 is 5.94. The molecule has 0 radical (unpaired) electrons. The predicted octanol–water partition coefficient (Wildman–Crippen LogP) is 1.18. The van der Waals surface area contributed by atoms with E-state index in [2.05, 4.69) is 10.5 Å². The molecule has 7 nitrogen and oxygen atoms in total. The zero-order chi connectivity index (χ0) is 14.7. The number of para-hydroxylation sites is 1. The van der Waals surface area contributed by atoms with Gasteiger partial charge in [0, 0.05) is 5.56 Å². The number of aliphatic hydroxyl groups is 1. The van der Waals surface area contributed by atoms with E-state index in [9.17, 15) is 5.11 Å². The number of benzene rings is 1. The number of hydrogen-bond acceptors (Lipinski definition) is 7. The van der Waals surface area contributed by atoms with Gasteiger partial charge in [0.2, 0.25) is 11.8 Å². The number of methoxy groups -OCH3 is 2. The minimum Gasteiger partial charge on any atom is -0.481 e. The number of rotatable bonds is 3. The monoisotopic (exact) mass is 298 g/mol. The van der Waals surface area contributed by atoms with Gasteiger partial charge in [0.1, 0.15) is 0 Å². The Bertz CT molecular complexity index is 562. The number of aliphatic hydroxyl groups excluding tert-OH is 1. The number of hydrazine groups is 1. The molecule has 1 aliphatic rings. The van der Waals surface area contributed by atoms with Crippen LogP contribution in [0.5, 0.6) is 0 Å². The number of hydrogen-bond donors (Lipinski definition) is 3. The third-order valence-electron chi connectivity index (χ3n) is 2.71. The molecule has 0 amide bonds. The van der Waals surface area contributed by atoms with Crippen molar-refractivity contribution in [2.45, 2.75) is 6.23 Å². The first kappa shape index (κ1) is 14.3. The molecule has 20 heavy (non-hydrogen) atoms. The van der Waals surface area contributed by atoms with Crippen LogP contribution in [0.2, 0.25) is 5.02 Å². The van der Waals surface area contributed by atoms with Crippen LogP contribution in [0.3, 0.4) is 0 Å². The maximum Gasteiger partial charge on any atom is 0.238 e. The van der Waals surface area contributed by atoms with Crippen molar-refractivity contribution in [3.05, 3.63) is 40.7 Å². The van der Waals surface area contributed by atoms with Crippen molar-refractivity contribution in [1.29, 1.82) is 0 Å². The zero-order valence-electron chi connectivity index (χ0n) is 11.0. The van der Waals surface area contributed by atoms with Gasteiger partial charge in [-0.05, 0) is 6.07 Å². The van der Waals surface area contributed by atoms with Crippen molar-refractivity contribution in [3.8, 4) is 0 Å². The number of nitrogen functional groups attached to an aromatic ring is 1. The minimum absolute atomic E-state index is 0.278. The van der Waals surface area contributed by atoms with E-state index in [-0.39, 0.29) is 11.6 Å². The highest BCUT2D eigenvalue weighted by Gasteiger charge is 2.24. The third-order valence-corrected chi connectivity index (χ3v) is 3.04. The highest BCUT2D eigenvalue weighted by atomic mass is 35.5. The van der Waals surface area contributed by atoms with Gasteiger partial charge >= 0.3 is 0 Å². The standard InChI is InChI=1S/C12H15ClN4O3/c1-19-9-6-10(20-2)16-17(15-9)12(18)7-4-3-5-8(13)11(7)14/h3-6,12,15,18H,14H2,1-2H3. The molecule has 2 rings (SSSR count). The summed E-state index contributed by atoms with van der Waals surface area (Å²) < 4.78 is 10.1. The van der Waals surface area contributed by atoms with Gasteiger partial charge in [-0.1, -0.05) is 23.7 Å². The molecule has 0 fully saturated rings. The predicted molar refractivity (Wildman–Crippen MR) is 75.3 cm³/mol. The van der Waals surface area contributed by atoms with E-state index in [4.69, 9.17) is 26.8 Å². The summed E-state index contributed by atoms with van der Waals surface area (Å²) in [5.41, 5.74) is 9.32. The van der Waals surface area contributed by atoms with Crippen LogP contribution < -0.4 is 11.2 Å². The molecule has 0 spiro atoms. The van der Waals surface area contributed by atoms with Crippen molar-refractivity contribution in [3.63, 3.8) is 0 Å². The molecule has 0 saturated carbocycles. The van der Waals surface area contributed by atoms with E-state index in [1.807, 2.05) is 0 Å². The Kier molecular flexibility index (Phi) is 4.21. The second-order valence-electron chi connectivity index (χ2n) is 3.93. The maximum atomic E-state index is 10.4. The first-order chi connectivity index (χ1) is 9.56. The second-order valence-corrected chi connectivity index (χ2v) is 4.34. The summed E-state index contributed by atoms with van der Waals surface area (Å²) in [6.45, 7) is 0. The lowest BCUT2D eigenvalue weighted by atomic mass is 10.1. The lowest BCUT2D eigenvalue weighted by Gasteiger charge is -2.30. The Balaban J connectivity index is 2.29. The van der Waals surface area contributed by atoms with E-state index in [1.165, 1.54) is 19.3 Å².